The number of nitrogens with one attached hydrogen (secondary N) is 1. The minimum atomic E-state index is -0.718. The fourth-order valence-corrected chi connectivity index (χ4v) is 3.02. The van der Waals surface area contributed by atoms with Crippen LogP contribution in [0.2, 0.25) is 5.02 Å². The van der Waals surface area contributed by atoms with E-state index >= 15 is 0 Å². The van der Waals surface area contributed by atoms with E-state index in [9.17, 15) is 9.59 Å². The number of nitrogens with zero attached hydrogens (tertiary/aromatic N) is 4. The molecule has 0 bridgehead atoms. The maximum atomic E-state index is 12.2. The second kappa shape index (κ2) is 5.96. The third-order valence-electron chi connectivity index (χ3n) is 4.10. The van der Waals surface area contributed by atoms with Gasteiger partial charge >= 0.3 is 5.69 Å². The van der Waals surface area contributed by atoms with E-state index in [4.69, 9.17) is 11.6 Å². The molecule has 0 atom stereocenters. The molecule has 0 spiro atoms. The van der Waals surface area contributed by atoms with Gasteiger partial charge < -0.3 is 4.90 Å². The number of halogens is 1. The molecule has 0 radical (unpaired) electrons. The smallest absolute Gasteiger partial charge is 0.349 e. The number of aromatic amines is 1. The zero-order chi connectivity index (χ0) is 18.4. The molecular formula is C18H14ClN5O2. The minimum Gasteiger partial charge on any atom is -0.378 e. The van der Waals surface area contributed by atoms with Gasteiger partial charge in [-0.1, -0.05) is 11.6 Å². The molecule has 0 aromatic heterocycles. The number of anilines is 1. The third-order valence-corrected chi connectivity index (χ3v) is 4.34. The molecule has 1 N–H and O–H groups in total. The predicted octanol–water partition coefficient (Wildman–Crippen LogP) is 2.29. The molecule has 0 saturated heterocycles. The minimum absolute atomic E-state index is 0.0936. The van der Waals surface area contributed by atoms with Crippen LogP contribution in [-0.4, -0.2) is 33.6 Å². The van der Waals surface area contributed by atoms with Crippen molar-refractivity contribution in [2.24, 2.45) is 0 Å². The first-order valence-corrected chi connectivity index (χ1v) is 8.22. The Morgan fingerprint density at radius 1 is 1.04 bits per heavy atom. The van der Waals surface area contributed by atoms with Crippen molar-refractivity contribution in [1.29, 1.82) is 0 Å². The van der Waals surface area contributed by atoms with Gasteiger partial charge in [-0.25, -0.2) is 9.78 Å². The molecule has 8 heteroatoms. The summed E-state index contributed by atoms with van der Waals surface area (Å²) in [4.78, 5) is 36.5. The summed E-state index contributed by atoms with van der Waals surface area (Å²) >= 11 is 6.16. The van der Waals surface area contributed by atoms with Gasteiger partial charge in [-0.05, 0) is 42.5 Å². The van der Waals surface area contributed by atoms with Gasteiger partial charge in [0.05, 0.1) is 11.0 Å². The van der Waals surface area contributed by atoms with E-state index in [1.807, 2.05) is 43.3 Å². The fraction of sp³-hybridized carbons (Fsp3) is 0.111. The lowest BCUT2D eigenvalue weighted by Gasteiger charge is -2.18. The number of hydrogen-bond donors (Lipinski definition) is 1. The molecule has 2 aliphatic heterocycles. The maximum Gasteiger partial charge on any atom is 0.349 e. The second-order valence-electron chi connectivity index (χ2n) is 6.03. The van der Waals surface area contributed by atoms with Crippen LogP contribution in [0.15, 0.2) is 52.1 Å². The average Bonchev–Trinajstić information content (AvgIpc) is 2.60. The number of aromatic nitrogens is 4. The van der Waals surface area contributed by atoms with Crippen LogP contribution in [-0.2, 0) is 0 Å². The van der Waals surface area contributed by atoms with Gasteiger partial charge in [0.2, 0.25) is 0 Å². The van der Waals surface area contributed by atoms with Gasteiger partial charge in [-0.15, -0.1) is 0 Å². The number of H-pyrrole nitrogens is 1. The van der Waals surface area contributed by atoms with Crippen LogP contribution in [0.4, 0.5) is 5.69 Å². The van der Waals surface area contributed by atoms with Crippen molar-refractivity contribution in [1.82, 2.24) is 19.5 Å². The lowest BCUT2D eigenvalue weighted by molar-refractivity contribution is 0.937. The zero-order valence-corrected chi connectivity index (χ0v) is 14.8. The summed E-state index contributed by atoms with van der Waals surface area (Å²) in [5.41, 5.74) is 1.79. The SMILES string of the molecule is CN(C)c1ccc(-n2c3nc(=O)[nH]c(=O)c-3nc3ccc(Cl)cc32)cc1. The van der Waals surface area contributed by atoms with Crippen molar-refractivity contribution < 1.29 is 0 Å². The molecule has 0 saturated carbocycles. The van der Waals surface area contributed by atoms with Crippen LogP contribution in [0.25, 0.3) is 28.2 Å². The van der Waals surface area contributed by atoms with Crippen molar-refractivity contribution in [2.45, 2.75) is 0 Å². The van der Waals surface area contributed by atoms with Gasteiger partial charge in [-0.3, -0.25) is 14.3 Å². The molecule has 2 aromatic carbocycles. The molecule has 2 aliphatic rings. The lowest BCUT2D eigenvalue weighted by atomic mass is 10.2. The molecule has 2 aromatic rings. The van der Waals surface area contributed by atoms with Crippen LogP contribution in [0.1, 0.15) is 0 Å². The summed E-state index contributed by atoms with van der Waals surface area (Å²) in [7, 11) is 3.90. The van der Waals surface area contributed by atoms with Crippen LogP contribution in [0, 0.1) is 0 Å². The van der Waals surface area contributed by atoms with Gasteiger partial charge in [-0.2, -0.15) is 4.98 Å². The van der Waals surface area contributed by atoms with Crippen molar-refractivity contribution in [3.05, 3.63) is 68.3 Å². The Balaban J connectivity index is 2.14. The molecule has 0 unspecified atom stereocenters. The molecule has 0 aliphatic carbocycles. The molecular weight excluding hydrogens is 354 g/mol. The van der Waals surface area contributed by atoms with Gasteiger partial charge in [0.1, 0.15) is 0 Å². The summed E-state index contributed by atoms with van der Waals surface area (Å²) in [5.74, 6) is 0.186. The Kier molecular flexibility index (Phi) is 3.73. The van der Waals surface area contributed by atoms with Gasteiger partial charge in [0, 0.05) is 30.5 Å². The first kappa shape index (κ1) is 16.3. The highest BCUT2D eigenvalue weighted by atomic mass is 35.5. The molecule has 130 valence electrons. The summed E-state index contributed by atoms with van der Waals surface area (Å²) in [6.07, 6.45) is 0. The summed E-state index contributed by atoms with van der Waals surface area (Å²) < 4.78 is 1.72. The molecule has 4 rings (SSSR count). The van der Waals surface area contributed by atoms with E-state index in [0.717, 1.165) is 11.4 Å². The van der Waals surface area contributed by atoms with Crippen LogP contribution >= 0.6 is 11.6 Å². The van der Waals surface area contributed by atoms with Crippen LogP contribution < -0.4 is 16.1 Å². The lowest BCUT2D eigenvalue weighted by Crippen LogP contribution is -2.28. The molecule has 7 nitrogen and oxygen atoms in total. The van der Waals surface area contributed by atoms with Gasteiger partial charge in [0.15, 0.2) is 11.5 Å². The summed E-state index contributed by atoms with van der Waals surface area (Å²) in [6, 6.07) is 12.8. The molecule has 0 amide bonds. The average molecular weight is 368 g/mol. The van der Waals surface area contributed by atoms with E-state index in [2.05, 4.69) is 15.0 Å². The topological polar surface area (TPSA) is 83.9 Å². The Labute approximate surface area is 152 Å². The summed E-state index contributed by atoms with van der Waals surface area (Å²) in [6.45, 7) is 0. The van der Waals surface area contributed by atoms with E-state index in [1.165, 1.54) is 0 Å². The van der Waals surface area contributed by atoms with E-state index < -0.39 is 11.2 Å². The molecule has 0 fully saturated rings. The highest BCUT2D eigenvalue weighted by Gasteiger charge is 2.19. The zero-order valence-electron chi connectivity index (χ0n) is 14.0. The molecule has 26 heavy (non-hydrogen) atoms. The Morgan fingerprint density at radius 3 is 2.46 bits per heavy atom. The fourth-order valence-electron chi connectivity index (χ4n) is 2.86. The van der Waals surface area contributed by atoms with Gasteiger partial charge in [0.25, 0.3) is 5.56 Å². The Hall–Kier alpha value is -3.19. The van der Waals surface area contributed by atoms with E-state index in [-0.39, 0.29) is 11.5 Å². The van der Waals surface area contributed by atoms with Crippen LogP contribution in [0.3, 0.4) is 0 Å². The first-order valence-electron chi connectivity index (χ1n) is 7.84. The first-order chi connectivity index (χ1) is 12.4. The maximum absolute atomic E-state index is 12.2. The van der Waals surface area contributed by atoms with Crippen molar-refractivity contribution in [3.63, 3.8) is 0 Å². The van der Waals surface area contributed by atoms with Crippen molar-refractivity contribution in [2.75, 3.05) is 19.0 Å². The number of rotatable bonds is 2. The van der Waals surface area contributed by atoms with E-state index in [0.29, 0.717) is 16.1 Å². The largest absolute Gasteiger partial charge is 0.378 e. The quantitative estimate of drug-likeness (QED) is 0.549. The van der Waals surface area contributed by atoms with E-state index in [1.54, 1.807) is 22.8 Å². The van der Waals surface area contributed by atoms with Crippen LogP contribution in [0.5, 0.6) is 0 Å². The third kappa shape index (κ3) is 2.62. The Bertz CT molecular complexity index is 1210. The monoisotopic (exact) mass is 367 g/mol. The highest BCUT2D eigenvalue weighted by Crippen LogP contribution is 2.28. The number of fused-ring (bicyclic) bond motifs is 2. The summed E-state index contributed by atoms with van der Waals surface area (Å²) in [5, 5.41) is 0.518. The van der Waals surface area contributed by atoms with Crippen molar-refractivity contribution in [3.8, 4) is 17.2 Å². The number of hydrogen-bond acceptors (Lipinski definition) is 5. The molecule has 2 heterocycles. The van der Waals surface area contributed by atoms with Crippen molar-refractivity contribution >= 4 is 28.3 Å². The standard InChI is InChI=1S/C18H14ClN5O2/c1-23(2)11-4-6-12(7-5-11)24-14-9-10(19)3-8-13(14)20-15-16(24)21-18(26)22-17(15)25/h3-9H,1-2H3,(H,22,25,26). The second-order valence-corrected chi connectivity index (χ2v) is 6.47. The predicted molar refractivity (Wildman–Crippen MR) is 102 cm³/mol. The normalized spacial score (nSPS) is 11.2. The Morgan fingerprint density at radius 2 is 1.77 bits per heavy atom. The highest BCUT2D eigenvalue weighted by molar-refractivity contribution is 6.31. The number of benzene rings is 2.